The lowest BCUT2D eigenvalue weighted by atomic mass is 9.92. The number of ether oxygens (including phenoxy) is 1. The quantitative estimate of drug-likeness (QED) is 0.622. The smallest absolute Gasteiger partial charge is 0.125 e. The van der Waals surface area contributed by atoms with Gasteiger partial charge in [0.2, 0.25) is 0 Å². The molecule has 0 saturated heterocycles. The number of rotatable bonds is 4. The maximum absolute atomic E-state index is 6.31. The second-order valence-corrected chi connectivity index (χ2v) is 6.86. The van der Waals surface area contributed by atoms with Crippen LogP contribution in [-0.4, -0.2) is 12.5 Å². The van der Waals surface area contributed by atoms with Crippen LogP contribution < -0.4 is 4.74 Å². The zero-order valence-corrected chi connectivity index (χ0v) is 14.5. The summed E-state index contributed by atoms with van der Waals surface area (Å²) in [4.78, 5) is 0. The molecule has 21 heavy (non-hydrogen) atoms. The van der Waals surface area contributed by atoms with Gasteiger partial charge in [-0.05, 0) is 41.3 Å². The van der Waals surface area contributed by atoms with Gasteiger partial charge in [0.15, 0.2) is 0 Å². The minimum Gasteiger partial charge on any atom is -0.493 e. The Balaban J connectivity index is 1.94. The first-order valence-electron chi connectivity index (χ1n) is 6.93. The molecule has 1 nitrogen and oxygen atoms in total. The van der Waals surface area contributed by atoms with Gasteiger partial charge in [-0.1, -0.05) is 45.7 Å². The SMILES string of the molecule is ClCC(Cc1cc(Br)cc2c1OCC2)c1ccccc1Cl. The van der Waals surface area contributed by atoms with Crippen LogP contribution >= 0.6 is 39.1 Å². The van der Waals surface area contributed by atoms with E-state index in [2.05, 4.69) is 34.1 Å². The molecule has 2 aromatic rings. The Morgan fingerprint density at radius 3 is 2.81 bits per heavy atom. The van der Waals surface area contributed by atoms with Crippen LogP contribution in [0.5, 0.6) is 5.75 Å². The predicted molar refractivity (Wildman–Crippen MR) is 92.0 cm³/mol. The lowest BCUT2D eigenvalue weighted by Gasteiger charge is -2.18. The molecule has 1 unspecified atom stereocenters. The van der Waals surface area contributed by atoms with Gasteiger partial charge in [-0.25, -0.2) is 0 Å². The maximum Gasteiger partial charge on any atom is 0.125 e. The molecule has 0 radical (unpaired) electrons. The van der Waals surface area contributed by atoms with Crippen LogP contribution in [0.1, 0.15) is 22.6 Å². The molecule has 2 aromatic carbocycles. The van der Waals surface area contributed by atoms with Crippen LogP contribution in [0.15, 0.2) is 40.9 Å². The van der Waals surface area contributed by atoms with E-state index in [1.54, 1.807) is 0 Å². The monoisotopic (exact) mass is 384 g/mol. The molecule has 0 aromatic heterocycles. The van der Waals surface area contributed by atoms with Gasteiger partial charge < -0.3 is 4.74 Å². The van der Waals surface area contributed by atoms with Crippen molar-refractivity contribution in [1.29, 1.82) is 0 Å². The zero-order chi connectivity index (χ0) is 14.8. The van der Waals surface area contributed by atoms with Gasteiger partial charge in [0.25, 0.3) is 0 Å². The Bertz CT molecular complexity index is 657. The summed E-state index contributed by atoms with van der Waals surface area (Å²) in [5.74, 6) is 1.74. The largest absolute Gasteiger partial charge is 0.493 e. The van der Waals surface area contributed by atoms with Crippen LogP contribution in [0, 0.1) is 0 Å². The minimum atomic E-state index is 0.183. The molecule has 0 amide bonds. The van der Waals surface area contributed by atoms with E-state index in [4.69, 9.17) is 27.9 Å². The molecule has 0 spiro atoms. The van der Waals surface area contributed by atoms with Gasteiger partial charge in [-0.15, -0.1) is 11.6 Å². The topological polar surface area (TPSA) is 9.23 Å². The number of alkyl halides is 1. The molecule has 1 aliphatic rings. The predicted octanol–water partition coefficient (Wildman–Crippen LogP) is 5.60. The highest BCUT2D eigenvalue weighted by Gasteiger charge is 2.21. The van der Waals surface area contributed by atoms with Crippen molar-refractivity contribution >= 4 is 39.1 Å². The normalized spacial score (nSPS) is 14.6. The fourth-order valence-corrected chi connectivity index (χ4v) is 3.93. The van der Waals surface area contributed by atoms with Crippen molar-refractivity contribution in [3.8, 4) is 5.75 Å². The first kappa shape index (κ1) is 15.2. The molecule has 0 aliphatic carbocycles. The Hall–Kier alpha value is -0.700. The summed E-state index contributed by atoms with van der Waals surface area (Å²) < 4.78 is 6.89. The first-order valence-corrected chi connectivity index (χ1v) is 8.64. The van der Waals surface area contributed by atoms with Crippen LogP contribution in [0.2, 0.25) is 5.02 Å². The lowest BCUT2D eigenvalue weighted by molar-refractivity contribution is 0.353. The maximum atomic E-state index is 6.31. The average Bonchev–Trinajstić information content (AvgIpc) is 2.93. The molecule has 1 heterocycles. The lowest BCUT2D eigenvalue weighted by Crippen LogP contribution is -2.06. The van der Waals surface area contributed by atoms with Gasteiger partial charge in [0, 0.05) is 27.7 Å². The van der Waals surface area contributed by atoms with Crippen LogP contribution in [-0.2, 0) is 12.8 Å². The second-order valence-electron chi connectivity index (χ2n) is 5.23. The van der Waals surface area contributed by atoms with Crippen LogP contribution in [0.3, 0.4) is 0 Å². The number of hydrogen-bond acceptors (Lipinski definition) is 1. The summed E-state index contributed by atoms with van der Waals surface area (Å²) in [5.41, 5.74) is 3.56. The van der Waals surface area contributed by atoms with Crippen molar-refractivity contribution in [3.05, 3.63) is 62.6 Å². The highest BCUT2D eigenvalue weighted by Crippen LogP contribution is 2.37. The third kappa shape index (κ3) is 3.23. The summed E-state index contributed by atoms with van der Waals surface area (Å²) in [6.45, 7) is 0.760. The van der Waals surface area contributed by atoms with Crippen molar-refractivity contribution < 1.29 is 4.74 Å². The van der Waals surface area contributed by atoms with E-state index in [9.17, 15) is 0 Å². The molecule has 0 saturated carbocycles. The summed E-state index contributed by atoms with van der Waals surface area (Å²) in [7, 11) is 0. The van der Waals surface area contributed by atoms with Gasteiger partial charge >= 0.3 is 0 Å². The standard InChI is InChI=1S/C17H15BrCl2O/c18-14-8-11-5-6-21-17(11)12(9-14)7-13(10-19)15-3-1-2-4-16(15)20/h1-4,8-9,13H,5-7,10H2. The van der Waals surface area contributed by atoms with E-state index in [1.165, 1.54) is 11.1 Å². The van der Waals surface area contributed by atoms with E-state index in [0.717, 1.165) is 40.3 Å². The number of fused-ring (bicyclic) bond motifs is 1. The summed E-state index contributed by atoms with van der Waals surface area (Å²) in [6.07, 6.45) is 1.80. The summed E-state index contributed by atoms with van der Waals surface area (Å²) >= 11 is 16.1. The molecule has 110 valence electrons. The number of benzene rings is 2. The highest BCUT2D eigenvalue weighted by atomic mass is 79.9. The van der Waals surface area contributed by atoms with E-state index < -0.39 is 0 Å². The van der Waals surface area contributed by atoms with E-state index in [1.807, 2.05) is 18.2 Å². The fraction of sp³-hybridized carbons (Fsp3) is 0.294. The molecular weight excluding hydrogens is 371 g/mol. The van der Waals surface area contributed by atoms with Crippen molar-refractivity contribution in [1.82, 2.24) is 0 Å². The summed E-state index contributed by atoms with van der Waals surface area (Å²) in [6, 6.07) is 12.2. The molecule has 1 aliphatic heterocycles. The third-order valence-electron chi connectivity index (χ3n) is 3.82. The van der Waals surface area contributed by atoms with Crippen LogP contribution in [0.4, 0.5) is 0 Å². The second kappa shape index (κ2) is 6.60. The minimum absolute atomic E-state index is 0.183. The molecule has 0 N–H and O–H groups in total. The van der Waals surface area contributed by atoms with Gasteiger partial charge in [-0.3, -0.25) is 0 Å². The van der Waals surface area contributed by atoms with E-state index in [-0.39, 0.29) is 5.92 Å². The zero-order valence-electron chi connectivity index (χ0n) is 11.4. The Morgan fingerprint density at radius 1 is 1.24 bits per heavy atom. The van der Waals surface area contributed by atoms with Gasteiger partial charge in [0.1, 0.15) is 5.75 Å². The molecular formula is C17H15BrCl2O. The van der Waals surface area contributed by atoms with Crippen molar-refractivity contribution in [2.75, 3.05) is 12.5 Å². The van der Waals surface area contributed by atoms with Crippen LogP contribution in [0.25, 0.3) is 0 Å². The van der Waals surface area contributed by atoms with E-state index in [0.29, 0.717) is 5.88 Å². The Labute approximate surface area is 143 Å². The molecule has 1 atom stereocenters. The Morgan fingerprint density at radius 2 is 2.05 bits per heavy atom. The average molecular weight is 386 g/mol. The van der Waals surface area contributed by atoms with Gasteiger partial charge in [0.05, 0.1) is 6.61 Å². The molecule has 4 heteroatoms. The fourth-order valence-electron chi connectivity index (χ4n) is 2.82. The Kier molecular flexibility index (Phi) is 4.78. The van der Waals surface area contributed by atoms with Gasteiger partial charge in [-0.2, -0.15) is 0 Å². The molecule has 0 fully saturated rings. The molecule has 3 rings (SSSR count). The first-order chi connectivity index (χ1) is 10.2. The van der Waals surface area contributed by atoms with Crippen molar-refractivity contribution in [2.45, 2.75) is 18.8 Å². The number of halogens is 3. The molecule has 0 bridgehead atoms. The summed E-state index contributed by atoms with van der Waals surface area (Å²) in [5, 5.41) is 0.774. The van der Waals surface area contributed by atoms with Crippen molar-refractivity contribution in [3.63, 3.8) is 0 Å². The van der Waals surface area contributed by atoms with Crippen molar-refractivity contribution in [2.24, 2.45) is 0 Å². The third-order valence-corrected chi connectivity index (χ3v) is 5.00. The van der Waals surface area contributed by atoms with E-state index >= 15 is 0 Å². The number of hydrogen-bond donors (Lipinski definition) is 0. The highest BCUT2D eigenvalue weighted by molar-refractivity contribution is 9.10.